The second-order valence-corrected chi connectivity index (χ2v) is 3.88. The summed E-state index contributed by atoms with van der Waals surface area (Å²) in [6, 6.07) is 9.64. The monoisotopic (exact) mass is 240 g/mol. The molecule has 1 unspecified atom stereocenters. The minimum absolute atomic E-state index is 0. The molecule has 16 heavy (non-hydrogen) atoms. The molecule has 1 aromatic carbocycles. The van der Waals surface area contributed by atoms with E-state index in [9.17, 15) is 4.79 Å². The minimum atomic E-state index is 0. The maximum Gasteiger partial charge on any atom is 0.251 e. The summed E-state index contributed by atoms with van der Waals surface area (Å²) in [5.74, 6) is 0.0318. The first-order valence-corrected chi connectivity index (χ1v) is 5.43. The number of carbonyl (C=O) groups excluding carboxylic acids is 1. The van der Waals surface area contributed by atoms with E-state index in [1.54, 1.807) is 0 Å². The van der Waals surface area contributed by atoms with E-state index in [2.05, 4.69) is 10.6 Å². The van der Waals surface area contributed by atoms with Crippen molar-refractivity contribution in [3.8, 4) is 0 Å². The van der Waals surface area contributed by atoms with Gasteiger partial charge in [0.25, 0.3) is 5.91 Å². The van der Waals surface area contributed by atoms with Crippen LogP contribution in [-0.4, -0.2) is 25.0 Å². The fourth-order valence-corrected chi connectivity index (χ4v) is 1.83. The van der Waals surface area contributed by atoms with Gasteiger partial charge < -0.3 is 10.6 Å². The quantitative estimate of drug-likeness (QED) is 0.825. The van der Waals surface area contributed by atoms with E-state index in [4.69, 9.17) is 0 Å². The SMILES string of the molecule is Cl.O=C(NC1CCCNC1)c1ccccc1. The maximum atomic E-state index is 11.8. The summed E-state index contributed by atoms with van der Waals surface area (Å²) in [5, 5.41) is 6.31. The molecule has 1 aliphatic rings. The Morgan fingerprint density at radius 3 is 2.69 bits per heavy atom. The lowest BCUT2D eigenvalue weighted by Gasteiger charge is -2.23. The molecule has 1 aromatic rings. The molecule has 0 saturated carbocycles. The molecule has 1 aliphatic heterocycles. The fourth-order valence-electron chi connectivity index (χ4n) is 1.83. The number of piperidine rings is 1. The Labute approximate surface area is 102 Å². The number of nitrogens with one attached hydrogen (secondary N) is 2. The van der Waals surface area contributed by atoms with Gasteiger partial charge in [-0.3, -0.25) is 4.79 Å². The van der Waals surface area contributed by atoms with Gasteiger partial charge in [0.2, 0.25) is 0 Å². The van der Waals surface area contributed by atoms with E-state index < -0.39 is 0 Å². The number of rotatable bonds is 2. The highest BCUT2D eigenvalue weighted by Gasteiger charge is 2.15. The Morgan fingerprint density at radius 1 is 1.31 bits per heavy atom. The number of benzene rings is 1. The Morgan fingerprint density at radius 2 is 2.06 bits per heavy atom. The second kappa shape index (κ2) is 6.51. The molecule has 0 spiro atoms. The van der Waals surface area contributed by atoms with Crippen molar-refractivity contribution < 1.29 is 4.79 Å². The number of halogens is 1. The summed E-state index contributed by atoms with van der Waals surface area (Å²) in [7, 11) is 0. The molecule has 1 amide bonds. The lowest BCUT2D eigenvalue weighted by Crippen LogP contribution is -2.45. The van der Waals surface area contributed by atoms with Crippen LogP contribution in [0, 0.1) is 0 Å². The van der Waals surface area contributed by atoms with Crippen LogP contribution < -0.4 is 10.6 Å². The standard InChI is InChI=1S/C12H16N2O.ClH/c15-12(10-5-2-1-3-6-10)14-11-7-4-8-13-9-11;/h1-3,5-6,11,13H,4,7-9H2,(H,14,15);1H. The Kier molecular flexibility index (Phi) is 5.29. The third kappa shape index (κ3) is 3.51. The first-order valence-electron chi connectivity index (χ1n) is 5.43. The largest absolute Gasteiger partial charge is 0.348 e. The summed E-state index contributed by atoms with van der Waals surface area (Å²) in [5.41, 5.74) is 0.739. The Balaban J connectivity index is 0.00000128. The van der Waals surface area contributed by atoms with Gasteiger partial charge in [0.1, 0.15) is 0 Å². The first kappa shape index (κ1) is 13.0. The molecule has 0 aliphatic carbocycles. The topological polar surface area (TPSA) is 41.1 Å². The molecule has 88 valence electrons. The number of hydrogen-bond acceptors (Lipinski definition) is 2. The lowest BCUT2D eigenvalue weighted by atomic mass is 10.1. The summed E-state index contributed by atoms with van der Waals surface area (Å²) in [6.45, 7) is 1.95. The maximum absolute atomic E-state index is 11.8. The Bertz CT molecular complexity index is 323. The van der Waals surface area contributed by atoms with Gasteiger partial charge in [-0.05, 0) is 31.5 Å². The zero-order valence-corrected chi connectivity index (χ0v) is 9.93. The van der Waals surface area contributed by atoms with Crippen LogP contribution in [-0.2, 0) is 0 Å². The molecule has 0 radical (unpaired) electrons. The number of amides is 1. The predicted octanol–water partition coefficient (Wildman–Crippen LogP) is 1.59. The van der Waals surface area contributed by atoms with Crippen molar-refractivity contribution >= 4 is 18.3 Å². The van der Waals surface area contributed by atoms with Gasteiger partial charge in [-0.2, -0.15) is 0 Å². The van der Waals surface area contributed by atoms with Gasteiger partial charge in [0.05, 0.1) is 0 Å². The molecule has 3 nitrogen and oxygen atoms in total. The highest BCUT2D eigenvalue weighted by Crippen LogP contribution is 2.04. The van der Waals surface area contributed by atoms with E-state index in [0.29, 0.717) is 0 Å². The fraction of sp³-hybridized carbons (Fsp3) is 0.417. The molecule has 0 aromatic heterocycles. The number of hydrogen-bond donors (Lipinski definition) is 2. The van der Waals surface area contributed by atoms with E-state index in [0.717, 1.165) is 31.5 Å². The normalized spacial score (nSPS) is 19.6. The summed E-state index contributed by atoms with van der Waals surface area (Å²) >= 11 is 0. The lowest BCUT2D eigenvalue weighted by molar-refractivity contribution is 0.0930. The molecule has 4 heteroatoms. The van der Waals surface area contributed by atoms with Crippen LogP contribution in [0.5, 0.6) is 0 Å². The number of carbonyl (C=O) groups is 1. The van der Waals surface area contributed by atoms with Crippen LogP contribution in [0.3, 0.4) is 0 Å². The highest BCUT2D eigenvalue weighted by atomic mass is 35.5. The van der Waals surface area contributed by atoms with Gasteiger partial charge in [0.15, 0.2) is 0 Å². The van der Waals surface area contributed by atoms with Crippen LogP contribution >= 0.6 is 12.4 Å². The predicted molar refractivity (Wildman–Crippen MR) is 67.0 cm³/mol. The van der Waals surface area contributed by atoms with Crippen molar-refractivity contribution in [1.29, 1.82) is 0 Å². The van der Waals surface area contributed by atoms with Crippen molar-refractivity contribution in [2.24, 2.45) is 0 Å². The van der Waals surface area contributed by atoms with Crippen LogP contribution in [0.15, 0.2) is 30.3 Å². The molecule has 1 fully saturated rings. The average Bonchev–Trinajstić information content (AvgIpc) is 2.31. The van der Waals surface area contributed by atoms with Gasteiger partial charge >= 0.3 is 0 Å². The van der Waals surface area contributed by atoms with Crippen molar-refractivity contribution in [1.82, 2.24) is 10.6 Å². The van der Waals surface area contributed by atoms with Crippen LogP contribution in [0.2, 0.25) is 0 Å². The van der Waals surface area contributed by atoms with E-state index in [1.165, 1.54) is 0 Å². The highest BCUT2D eigenvalue weighted by molar-refractivity contribution is 5.94. The van der Waals surface area contributed by atoms with Crippen molar-refractivity contribution in [3.05, 3.63) is 35.9 Å². The molecular formula is C12H17ClN2O. The van der Waals surface area contributed by atoms with Crippen molar-refractivity contribution in [3.63, 3.8) is 0 Å². The molecule has 1 saturated heterocycles. The molecule has 2 rings (SSSR count). The second-order valence-electron chi connectivity index (χ2n) is 3.88. The molecular weight excluding hydrogens is 224 g/mol. The molecule has 1 heterocycles. The summed E-state index contributed by atoms with van der Waals surface area (Å²) in [4.78, 5) is 11.8. The van der Waals surface area contributed by atoms with E-state index >= 15 is 0 Å². The zero-order chi connectivity index (χ0) is 10.5. The van der Waals surface area contributed by atoms with Crippen molar-refractivity contribution in [2.45, 2.75) is 18.9 Å². The van der Waals surface area contributed by atoms with Crippen LogP contribution in [0.25, 0.3) is 0 Å². The third-order valence-corrected chi connectivity index (χ3v) is 2.67. The smallest absolute Gasteiger partial charge is 0.251 e. The summed E-state index contributed by atoms with van der Waals surface area (Å²) < 4.78 is 0. The van der Waals surface area contributed by atoms with E-state index in [-0.39, 0.29) is 24.4 Å². The van der Waals surface area contributed by atoms with E-state index in [1.807, 2.05) is 30.3 Å². The Hall–Kier alpha value is -1.06. The minimum Gasteiger partial charge on any atom is -0.348 e. The molecule has 1 atom stereocenters. The first-order chi connectivity index (χ1) is 7.36. The van der Waals surface area contributed by atoms with Gasteiger partial charge in [-0.15, -0.1) is 12.4 Å². The van der Waals surface area contributed by atoms with Crippen LogP contribution in [0.4, 0.5) is 0 Å². The molecule has 2 N–H and O–H groups in total. The van der Waals surface area contributed by atoms with Crippen LogP contribution in [0.1, 0.15) is 23.2 Å². The van der Waals surface area contributed by atoms with Crippen molar-refractivity contribution in [2.75, 3.05) is 13.1 Å². The van der Waals surface area contributed by atoms with Gasteiger partial charge in [-0.1, -0.05) is 18.2 Å². The average molecular weight is 241 g/mol. The van der Waals surface area contributed by atoms with Gasteiger partial charge in [0, 0.05) is 18.2 Å². The van der Waals surface area contributed by atoms with Gasteiger partial charge in [-0.25, -0.2) is 0 Å². The zero-order valence-electron chi connectivity index (χ0n) is 9.11. The summed E-state index contributed by atoms with van der Waals surface area (Å²) in [6.07, 6.45) is 2.21. The third-order valence-electron chi connectivity index (χ3n) is 2.67. The molecule has 0 bridgehead atoms.